The molecule has 0 aromatic heterocycles. The van der Waals surface area contributed by atoms with Crippen molar-refractivity contribution in [1.82, 2.24) is 0 Å². The fourth-order valence-corrected chi connectivity index (χ4v) is 5.78. The van der Waals surface area contributed by atoms with Crippen LogP contribution in [0.25, 0.3) is 0 Å². The number of hydrogen-bond acceptors (Lipinski definition) is 0. The van der Waals surface area contributed by atoms with Crippen LogP contribution in [0.2, 0.25) is 0 Å². The van der Waals surface area contributed by atoms with E-state index in [1.54, 1.807) is 24.8 Å². The fraction of sp³-hybridized carbons (Fsp3) is 0.684. The normalized spacial score (nSPS) is 39.7. The average Bonchev–Trinajstić information content (AvgIpc) is 2.38. The van der Waals surface area contributed by atoms with E-state index >= 15 is 0 Å². The van der Waals surface area contributed by atoms with Crippen LogP contribution >= 0.6 is 0 Å². The highest BCUT2D eigenvalue weighted by molar-refractivity contribution is 5.32. The summed E-state index contributed by atoms with van der Waals surface area (Å²) in [6, 6.07) is 9.74. The molecule has 0 unspecified atom stereocenters. The molecule has 0 heterocycles. The third-order valence-corrected chi connectivity index (χ3v) is 6.14. The van der Waals surface area contributed by atoms with Crippen LogP contribution in [0, 0.1) is 17.8 Å². The van der Waals surface area contributed by atoms with Gasteiger partial charge in [-0.15, -0.1) is 0 Å². The topological polar surface area (TPSA) is 0 Å². The van der Waals surface area contributed by atoms with Gasteiger partial charge in [-0.3, -0.25) is 0 Å². The second-order valence-electron chi connectivity index (χ2n) is 7.64. The largest absolute Gasteiger partial charge is 0.0651 e. The highest BCUT2D eigenvalue weighted by atomic mass is 14.6. The van der Waals surface area contributed by atoms with E-state index in [-0.39, 0.29) is 0 Å². The summed E-state index contributed by atoms with van der Waals surface area (Å²) in [5, 5.41) is 0. The van der Waals surface area contributed by atoms with Crippen LogP contribution in [-0.2, 0) is 11.8 Å². The van der Waals surface area contributed by atoms with Gasteiger partial charge in [0.1, 0.15) is 0 Å². The molecule has 0 aliphatic heterocycles. The van der Waals surface area contributed by atoms with Gasteiger partial charge >= 0.3 is 0 Å². The van der Waals surface area contributed by atoms with Gasteiger partial charge in [-0.1, -0.05) is 37.6 Å². The lowest BCUT2D eigenvalue weighted by Crippen LogP contribution is -2.48. The van der Waals surface area contributed by atoms with Gasteiger partial charge in [0.2, 0.25) is 0 Å². The molecule has 5 rings (SSSR count). The molecule has 4 aliphatic carbocycles. The molecule has 4 bridgehead atoms. The van der Waals surface area contributed by atoms with E-state index in [4.69, 9.17) is 0 Å². The van der Waals surface area contributed by atoms with Crippen molar-refractivity contribution in [2.45, 2.75) is 63.7 Å². The summed E-state index contributed by atoms with van der Waals surface area (Å²) in [5.41, 5.74) is 3.78. The predicted octanol–water partition coefficient (Wildman–Crippen LogP) is 5.11. The summed E-state index contributed by atoms with van der Waals surface area (Å²) in [6.07, 6.45) is 11.6. The quantitative estimate of drug-likeness (QED) is 0.703. The molecule has 0 amide bonds. The Balaban J connectivity index is 1.64. The molecule has 4 fully saturated rings. The molecule has 1 aromatic carbocycles. The standard InChI is InChI=1S/C19H26/c1-2-3-14-4-6-18(7-5-14)19-11-15-8-16(12-19)10-17(9-15)13-19/h4-7,15-17H,2-3,8-13H2,1H3. The molecule has 0 radical (unpaired) electrons. The summed E-state index contributed by atoms with van der Waals surface area (Å²) >= 11 is 0. The van der Waals surface area contributed by atoms with E-state index in [0.29, 0.717) is 5.41 Å². The van der Waals surface area contributed by atoms with Crippen molar-refractivity contribution >= 4 is 0 Å². The Morgan fingerprint density at radius 3 is 1.89 bits per heavy atom. The molecule has 102 valence electrons. The van der Waals surface area contributed by atoms with Crippen molar-refractivity contribution < 1.29 is 0 Å². The van der Waals surface area contributed by atoms with Gasteiger partial charge in [0, 0.05) is 0 Å². The second-order valence-corrected chi connectivity index (χ2v) is 7.64. The lowest BCUT2D eigenvalue weighted by atomic mass is 9.48. The van der Waals surface area contributed by atoms with Gasteiger partial charge < -0.3 is 0 Å². The molecular formula is C19H26. The summed E-state index contributed by atoms with van der Waals surface area (Å²) in [7, 11) is 0. The Bertz CT molecular complexity index is 418. The lowest BCUT2D eigenvalue weighted by molar-refractivity contribution is -0.00519. The SMILES string of the molecule is CCCc1ccc(C23CC4CC(CC(C4)C2)C3)cc1. The Labute approximate surface area is 117 Å². The summed E-state index contributed by atoms with van der Waals surface area (Å²) < 4.78 is 0. The zero-order valence-electron chi connectivity index (χ0n) is 12.2. The van der Waals surface area contributed by atoms with Gasteiger partial charge in [-0.05, 0) is 79.2 Å². The van der Waals surface area contributed by atoms with E-state index < -0.39 is 0 Å². The highest BCUT2D eigenvalue weighted by Gasteiger charge is 2.51. The Kier molecular flexibility index (Phi) is 2.76. The maximum atomic E-state index is 2.47. The van der Waals surface area contributed by atoms with E-state index in [1.165, 1.54) is 37.7 Å². The zero-order chi connectivity index (χ0) is 12.9. The van der Waals surface area contributed by atoms with Gasteiger partial charge in [-0.2, -0.15) is 0 Å². The molecule has 0 nitrogen and oxygen atoms in total. The number of aryl methyl sites for hydroxylation is 1. The smallest absolute Gasteiger partial charge is 0.00391 e. The molecule has 0 heteroatoms. The molecule has 0 N–H and O–H groups in total. The van der Waals surface area contributed by atoms with E-state index in [0.717, 1.165) is 17.8 Å². The number of benzene rings is 1. The van der Waals surface area contributed by atoms with Crippen molar-refractivity contribution in [3.8, 4) is 0 Å². The minimum Gasteiger partial charge on any atom is -0.0651 e. The first-order valence-corrected chi connectivity index (χ1v) is 8.37. The van der Waals surface area contributed by atoms with E-state index in [9.17, 15) is 0 Å². The fourth-order valence-electron chi connectivity index (χ4n) is 5.78. The summed E-state index contributed by atoms with van der Waals surface area (Å²) in [6.45, 7) is 2.27. The lowest BCUT2D eigenvalue weighted by Gasteiger charge is -2.57. The van der Waals surface area contributed by atoms with E-state index in [1.807, 2.05) is 0 Å². The first-order valence-electron chi connectivity index (χ1n) is 8.37. The minimum atomic E-state index is 0.583. The van der Waals surface area contributed by atoms with Gasteiger partial charge in [0.05, 0.1) is 0 Å². The maximum Gasteiger partial charge on any atom is -0.00391 e. The van der Waals surface area contributed by atoms with Crippen LogP contribution in [0.3, 0.4) is 0 Å². The summed E-state index contributed by atoms with van der Waals surface area (Å²) in [4.78, 5) is 0. The highest BCUT2D eigenvalue weighted by Crippen LogP contribution is 2.60. The van der Waals surface area contributed by atoms with Crippen LogP contribution in [0.5, 0.6) is 0 Å². The van der Waals surface area contributed by atoms with Crippen LogP contribution in [0.1, 0.15) is 63.0 Å². The Morgan fingerprint density at radius 2 is 1.42 bits per heavy atom. The van der Waals surface area contributed by atoms with Crippen LogP contribution in [-0.4, -0.2) is 0 Å². The van der Waals surface area contributed by atoms with E-state index in [2.05, 4.69) is 31.2 Å². The molecule has 1 aromatic rings. The third kappa shape index (κ3) is 1.95. The van der Waals surface area contributed by atoms with Crippen LogP contribution in [0.4, 0.5) is 0 Å². The molecule has 0 spiro atoms. The van der Waals surface area contributed by atoms with Crippen LogP contribution in [0.15, 0.2) is 24.3 Å². The van der Waals surface area contributed by atoms with Crippen molar-refractivity contribution in [2.24, 2.45) is 17.8 Å². The molecular weight excluding hydrogens is 228 g/mol. The minimum absolute atomic E-state index is 0.583. The van der Waals surface area contributed by atoms with Gasteiger partial charge in [-0.25, -0.2) is 0 Å². The Morgan fingerprint density at radius 1 is 0.895 bits per heavy atom. The van der Waals surface area contributed by atoms with Gasteiger partial charge in [0.15, 0.2) is 0 Å². The maximum absolute atomic E-state index is 2.47. The zero-order valence-corrected chi connectivity index (χ0v) is 12.2. The Hall–Kier alpha value is -0.780. The van der Waals surface area contributed by atoms with Crippen molar-refractivity contribution in [3.05, 3.63) is 35.4 Å². The van der Waals surface area contributed by atoms with Crippen molar-refractivity contribution in [1.29, 1.82) is 0 Å². The molecule has 19 heavy (non-hydrogen) atoms. The number of rotatable bonds is 3. The molecule has 0 atom stereocenters. The number of hydrogen-bond donors (Lipinski definition) is 0. The molecule has 4 saturated carbocycles. The molecule has 4 aliphatic rings. The predicted molar refractivity (Wildman–Crippen MR) is 80.3 cm³/mol. The third-order valence-electron chi connectivity index (χ3n) is 6.14. The van der Waals surface area contributed by atoms with Gasteiger partial charge in [0.25, 0.3) is 0 Å². The second kappa shape index (κ2) is 4.36. The van der Waals surface area contributed by atoms with Crippen LogP contribution < -0.4 is 0 Å². The van der Waals surface area contributed by atoms with Crippen molar-refractivity contribution in [3.63, 3.8) is 0 Å². The first-order chi connectivity index (χ1) is 9.27. The van der Waals surface area contributed by atoms with Crippen molar-refractivity contribution in [2.75, 3.05) is 0 Å². The average molecular weight is 254 g/mol. The monoisotopic (exact) mass is 254 g/mol. The molecule has 0 saturated heterocycles. The first kappa shape index (κ1) is 12.0. The summed E-state index contributed by atoms with van der Waals surface area (Å²) in [5.74, 6) is 3.17.